The Kier molecular flexibility index (Phi) is 10.5. The summed E-state index contributed by atoms with van der Waals surface area (Å²) < 4.78 is 38.4. The van der Waals surface area contributed by atoms with Gasteiger partial charge in [-0.1, -0.05) is 35.9 Å². The fraction of sp³-hybridized carbons (Fsp3) is 0.381. The smallest absolute Gasteiger partial charge is 0.379 e. The first-order valence-corrected chi connectivity index (χ1v) is 9.49. The Labute approximate surface area is 185 Å². The largest absolute Gasteiger partial charge is 0.497 e. The van der Waals surface area contributed by atoms with Gasteiger partial charge in [-0.25, -0.2) is 4.79 Å². The number of aliphatic hydroxyl groups excluding tert-OH is 1. The van der Waals surface area contributed by atoms with Gasteiger partial charge in [-0.3, -0.25) is 0 Å². The molecular formula is C21H25Cl2F2NO4. The van der Waals surface area contributed by atoms with Crippen molar-refractivity contribution in [3.8, 4) is 5.75 Å². The van der Waals surface area contributed by atoms with Crippen molar-refractivity contribution in [2.75, 3.05) is 13.7 Å². The predicted molar refractivity (Wildman–Crippen MR) is 114 cm³/mol. The lowest BCUT2D eigenvalue weighted by Crippen LogP contribution is -2.54. The highest BCUT2D eigenvalue weighted by atomic mass is 35.5. The SMILES string of the molecule is CCOC(=O)C(F)(F)C(O)[C@H](Cc1cccc(Cl)c1)NCc1ccc(OC)cc1.Cl. The van der Waals surface area contributed by atoms with Crippen LogP contribution >= 0.6 is 24.0 Å². The van der Waals surface area contributed by atoms with Gasteiger partial charge in [0.15, 0.2) is 0 Å². The van der Waals surface area contributed by atoms with Crippen LogP contribution in [0, 0.1) is 0 Å². The Morgan fingerprint density at radius 3 is 2.43 bits per heavy atom. The number of rotatable bonds is 10. The van der Waals surface area contributed by atoms with E-state index in [9.17, 15) is 18.7 Å². The molecule has 166 valence electrons. The van der Waals surface area contributed by atoms with Crippen molar-refractivity contribution in [3.63, 3.8) is 0 Å². The van der Waals surface area contributed by atoms with Crippen molar-refractivity contribution in [1.29, 1.82) is 0 Å². The molecule has 0 aromatic heterocycles. The van der Waals surface area contributed by atoms with Gasteiger partial charge in [0, 0.05) is 17.6 Å². The first-order valence-electron chi connectivity index (χ1n) is 9.11. The number of carbonyl (C=O) groups excluding carboxylic acids is 1. The standard InChI is InChI=1S/C21H24ClF2NO4.ClH/c1-3-29-20(27)21(23,24)19(26)18(12-15-5-4-6-16(22)11-15)25-13-14-7-9-17(28-2)10-8-14;/h4-11,18-19,25-26H,3,12-13H2,1-2H3;1H/t18-,19?;/m0./s1. The van der Waals surface area contributed by atoms with Crippen molar-refractivity contribution in [2.45, 2.75) is 38.0 Å². The maximum Gasteiger partial charge on any atom is 0.379 e. The number of methoxy groups -OCH3 is 1. The summed E-state index contributed by atoms with van der Waals surface area (Å²) in [6.45, 7) is 1.41. The second kappa shape index (κ2) is 12.1. The van der Waals surface area contributed by atoms with E-state index in [0.29, 0.717) is 16.3 Å². The molecule has 2 N–H and O–H groups in total. The number of halogens is 4. The van der Waals surface area contributed by atoms with Crippen LogP contribution in [0.2, 0.25) is 5.02 Å². The van der Waals surface area contributed by atoms with Crippen molar-refractivity contribution in [3.05, 3.63) is 64.7 Å². The van der Waals surface area contributed by atoms with Gasteiger partial charge in [0.25, 0.3) is 0 Å². The molecule has 9 heteroatoms. The van der Waals surface area contributed by atoms with Crippen LogP contribution in [-0.4, -0.2) is 42.9 Å². The second-order valence-corrected chi connectivity index (χ2v) is 6.89. The second-order valence-electron chi connectivity index (χ2n) is 6.46. The number of benzene rings is 2. The third-order valence-corrected chi connectivity index (χ3v) is 4.61. The van der Waals surface area contributed by atoms with Gasteiger partial charge >= 0.3 is 11.9 Å². The molecule has 0 bridgehead atoms. The zero-order valence-corrected chi connectivity index (χ0v) is 18.2. The molecule has 0 aliphatic carbocycles. The Hall–Kier alpha value is -1.93. The molecule has 0 amide bonds. The van der Waals surface area contributed by atoms with E-state index in [0.717, 1.165) is 5.56 Å². The monoisotopic (exact) mass is 463 g/mol. The van der Waals surface area contributed by atoms with Crippen molar-refractivity contribution < 1.29 is 28.2 Å². The van der Waals surface area contributed by atoms with Crippen LogP contribution in [-0.2, 0) is 22.5 Å². The molecule has 2 atom stereocenters. The number of aliphatic hydroxyl groups is 1. The molecule has 0 radical (unpaired) electrons. The van der Waals surface area contributed by atoms with Gasteiger partial charge < -0.3 is 19.9 Å². The zero-order chi connectivity index (χ0) is 21.4. The van der Waals surface area contributed by atoms with E-state index < -0.39 is 24.0 Å². The average molecular weight is 464 g/mol. The third-order valence-electron chi connectivity index (χ3n) is 4.37. The van der Waals surface area contributed by atoms with E-state index in [1.54, 1.807) is 55.6 Å². The zero-order valence-electron chi connectivity index (χ0n) is 16.6. The van der Waals surface area contributed by atoms with Crippen LogP contribution in [0.4, 0.5) is 8.78 Å². The number of hydrogen-bond donors (Lipinski definition) is 2. The fourth-order valence-electron chi connectivity index (χ4n) is 2.81. The lowest BCUT2D eigenvalue weighted by atomic mass is 9.96. The Morgan fingerprint density at radius 2 is 1.87 bits per heavy atom. The predicted octanol–water partition coefficient (Wildman–Crippen LogP) is 4.03. The summed E-state index contributed by atoms with van der Waals surface area (Å²) in [6, 6.07) is 12.6. The molecule has 0 fully saturated rings. The number of ether oxygens (including phenoxy) is 2. The first-order chi connectivity index (χ1) is 13.8. The average Bonchev–Trinajstić information content (AvgIpc) is 2.71. The highest BCUT2D eigenvalue weighted by Gasteiger charge is 2.51. The van der Waals surface area contributed by atoms with Crippen LogP contribution < -0.4 is 10.1 Å². The third kappa shape index (κ3) is 7.09. The van der Waals surface area contributed by atoms with Gasteiger partial charge in [0.1, 0.15) is 11.9 Å². The lowest BCUT2D eigenvalue weighted by Gasteiger charge is -2.29. The number of nitrogens with one attached hydrogen (secondary N) is 1. The maximum absolute atomic E-state index is 14.4. The van der Waals surface area contributed by atoms with Gasteiger partial charge in [-0.05, 0) is 48.7 Å². The molecule has 0 spiro atoms. The molecule has 5 nitrogen and oxygen atoms in total. The molecular weight excluding hydrogens is 439 g/mol. The lowest BCUT2D eigenvalue weighted by molar-refractivity contribution is -0.191. The molecule has 30 heavy (non-hydrogen) atoms. The Morgan fingerprint density at radius 1 is 1.20 bits per heavy atom. The number of carbonyl (C=O) groups is 1. The number of alkyl halides is 2. The topological polar surface area (TPSA) is 67.8 Å². The summed E-state index contributed by atoms with van der Waals surface area (Å²) in [4.78, 5) is 11.7. The quantitative estimate of drug-likeness (QED) is 0.520. The van der Waals surface area contributed by atoms with E-state index in [1.807, 2.05) is 0 Å². The Bertz CT molecular complexity index is 806. The Balaban J connectivity index is 0.00000450. The number of hydrogen-bond acceptors (Lipinski definition) is 5. The minimum absolute atomic E-state index is 0. The molecule has 2 rings (SSSR count). The molecule has 0 saturated heterocycles. The van der Waals surface area contributed by atoms with E-state index in [1.165, 1.54) is 6.92 Å². The van der Waals surface area contributed by atoms with Gasteiger partial charge in [-0.2, -0.15) is 8.78 Å². The minimum Gasteiger partial charge on any atom is -0.497 e. The molecule has 1 unspecified atom stereocenters. The van der Waals surface area contributed by atoms with E-state index in [-0.39, 0.29) is 32.0 Å². The summed E-state index contributed by atoms with van der Waals surface area (Å²) in [5.74, 6) is -5.15. The van der Waals surface area contributed by atoms with Crippen LogP contribution in [0.3, 0.4) is 0 Å². The highest BCUT2D eigenvalue weighted by Crippen LogP contribution is 2.26. The van der Waals surface area contributed by atoms with Gasteiger partial charge in [-0.15, -0.1) is 12.4 Å². The summed E-state index contributed by atoms with van der Waals surface area (Å²) >= 11 is 5.97. The molecule has 0 saturated carbocycles. The van der Waals surface area contributed by atoms with Crippen LogP contribution in [0.15, 0.2) is 48.5 Å². The normalized spacial score (nSPS) is 13.1. The molecule has 0 aliphatic heterocycles. The molecule has 0 aliphatic rings. The summed E-state index contributed by atoms with van der Waals surface area (Å²) in [5, 5.41) is 13.7. The van der Waals surface area contributed by atoms with E-state index >= 15 is 0 Å². The molecule has 2 aromatic carbocycles. The van der Waals surface area contributed by atoms with Crippen LogP contribution in [0.25, 0.3) is 0 Å². The van der Waals surface area contributed by atoms with Crippen molar-refractivity contribution >= 4 is 30.0 Å². The number of esters is 1. The van der Waals surface area contributed by atoms with Crippen LogP contribution in [0.1, 0.15) is 18.1 Å². The first kappa shape index (κ1) is 26.1. The summed E-state index contributed by atoms with van der Waals surface area (Å²) in [5.41, 5.74) is 1.44. The van der Waals surface area contributed by atoms with Crippen LogP contribution in [0.5, 0.6) is 5.75 Å². The molecule has 0 heterocycles. The van der Waals surface area contributed by atoms with E-state index in [4.69, 9.17) is 16.3 Å². The summed E-state index contributed by atoms with van der Waals surface area (Å²) in [6.07, 6.45) is -2.26. The fourth-order valence-corrected chi connectivity index (χ4v) is 3.02. The van der Waals surface area contributed by atoms with Crippen molar-refractivity contribution in [1.82, 2.24) is 5.32 Å². The minimum atomic E-state index is -4.06. The molecule has 2 aromatic rings. The maximum atomic E-state index is 14.4. The van der Waals surface area contributed by atoms with Crippen molar-refractivity contribution in [2.24, 2.45) is 0 Å². The van der Waals surface area contributed by atoms with Gasteiger partial charge in [0.05, 0.1) is 13.7 Å². The summed E-state index contributed by atoms with van der Waals surface area (Å²) in [7, 11) is 1.54. The van der Waals surface area contributed by atoms with Gasteiger partial charge in [0.2, 0.25) is 0 Å². The van der Waals surface area contributed by atoms with E-state index in [2.05, 4.69) is 10.1 Å². The highest BCUT2D eigenvalue weighted by molar-refractivity contribution is 6.30.